The van der Waals surface area contributed by atoms with Gasteiger partial charge >= 0.3 is 5.97 Å². The lowest BCUT2D eigenvalue weighted by molar-refractivity contribution is 0.0695. The highest BCUT2D eigenvalue weighted by molar-refractivity contribution is 14.1. The number of carboxylic acids is 1. The van der Waals surface area contributed by atoms with E-state index in [1.807, 2.05) is 36.4 Å². The van der Waals surface area contributed by atoms with Crippen LogP contribution in [0.15, 0.2) is 23.1 Å². The van der Waals surface area contributed by atoms with E-state index in [0.717, 1.165) is 0 Å². The van der Waals surface area contributed by atoms with E-state index in [-0.39, 0.29) is 16.5 Å². The van der Waals surface area contributed by atoms with Crippen LogP contribution in [0.2, 0.25) is 0 Å². The van der Waals surface area contributed by atoms with Gasteiger partial charge in [-0.1, -0.05) is 13.8 Å². The fraction of sp³-hybridized carbons (Fsp3) is 0.462. The molecule has 1 rings (SSSR count). The van der Waals surface area contributed by atoms with Gasteiger partial charge in [0.25, 0.3) is 0 Å². The molecule has 20 heavy (non-hydrogen) atoms. The molecule has 0 amide bonds. The van der Waals surface area contributed by atoms with Crippen LogP contribution in [0.3, 0.4) is 0 Å². The average Bonchev–Trinajstić information content (AvgIpc) is 2.39. The third-order valence-corrected chi connectivity index (χ3v) is 6.15. The lowest BCUT2D eigenvalue weighted by atomic mass is 10.2. The molecule has 0 fully saturated rings. The summed E-state index contributed by atoms with van der Waals surface area (Å²) in [7, 11) is -2.14. The third kappa shape index (κ3) is 3.50. The highest BCUT2D eigenvalue weighted by atomic mass is 127. The van der Waals surface area contributed by atoms with Crippen molar-refractivity contribution in [3.63, 3.8) is 0 Å². The zero-order chi connectivity index (χ0) is 15.5. The Balaban J connectivity index is 3.29. The second-order valence-electron chi connectivity index (χ2n) is 4.44. The summed E-state index contributed by atoms with van der Waals surface area (Å²) in [5, 5.41) is 9.08. The third-order valence-electron chi connectivity index (χ3n) is 3.30. The van der Waals surface area contributed by atoms with Crippen LogP contribution in [0.1, 0.15) is 37.0 Å². The summed E-state index contributed by atoms with van der Waals surface area (Å²) >= 11 is 1.88. The summed E-state index contributed by atoms with van der Waals surface area (Å²) < 4.78 is 26.8. The summed E-state index contributed by atoms with van der Waals surface area (Å²) in [6.07, 6.45) is 1.42. The van der Waals surface area contributed by atoms with Gasteiger partial charge in [0.2, 0.25) is 10.0 Å². The number of rotatable bonds is 6. The number of nitrogens with zero attached hydrogens (tertiary/aromatic N) is 1. The molecule has 0 aliphatic rings. The minimum Gasteiger partial charge on any atom is -0.478 e. The normalized spacial score (nSPS) is 12.1. The average molecular weight is 411 g/mol. The SMILES string of the molecule is CCC(CC)N(C)S(=O)(=O)c1ccc(I)c(C(=O)O)c1. The van der Waals surface area contributed by atoms with E-state index in [2.05, 4.69) is 0 Å². The van der Waals surface area contributed by atoms with Crippen LogP contribution in [-0.2, 0) is 10.0 Å². The monoisotopic (exact) mass is 411 g/mol. The maximum Gasteiger partial charge on any atom is 0.336 e. The van der Waals surface area contributed by atoms with Gasteiger partial charge in [-0.25, -0.2) is 13.2 Å². The molecular weight excluding hydrogens is 393 g/mol. The molecule has 0 radical (unpaired) electrons. The highest BCUT2D eigenvalue weighted by Crippen LogP contribution is 2.23. The molecule has 1 aromatic rings. The Labute approximate surface area is 133 Å². The number of carboxylic acid groups (broad SMARTS) is 1. The first-order valence-corrected chi connectivity index (χ1v) is 8.78. The van der Waals surface area contributed by atoms with Crippen LogP contribution in [0.5, 0.6) is 0 Å². The predicted octanol–water partition coefficient (Wildman–Crippen LogP) is 2.80. The summed E-state index contributed by atoms with van der Waals surface area (Å²) in [6.45, 7) is 3.85. The topological polar surface area (TPSA) is 74.7 Å². The van der Waals surface area contributed by atoms with Gasteiger partial charge in [0.15, 0.2) is 0 Å². The maximum atomic E-state index is 12.5. The number of hydrogen-bond donors (Lipinski definition) is 1. The van der Waals surface area contributed by atoms with Crippen molar-refractivity contribution in [2.75, 3.05) is 7.05 Å². The Morgan fingerprint density at radius 3 is 2.35 bits per heavy atom. The Bertz CT molecular complexity index is 596. The summed E-state index contributed by atoms with van der Waals surface area (Å²) in [4.78, 5) is 11.1. The number of sulfonamides is 1. The predicted molar refractivity (Wildman–Crippen MR) is 85.4 cm³/mol. The number of halogens is 1. The van der Waals surface area contributed by atoms with Crippen LogP contribution in [0.25, 0.3) is 0 Å². The fourth-order valence-electron chi connectivity index (χ4n) is 1.99. The minimum atomic E-state index is -3.67. The Morgan fingerprint density at radius 2 is 1.90 bits per heavy atom. The van der Waals surface area contributed by atoms with E-state index in [0.29, 0.717) is 16.4 Å². The summed E-state index contributed by atoms with van der Waals surface area (Å²) in [6, 6.07) is 4.09. The quantitative estimate of drug-likeness (QED) is 0.731. The van der Waals surface area contributed by atoms with Crippen molar-refractivity contribution in [3.8, 4) is 0 Å². The number of hydrogen-bond acceptors (Lipinski definition) is 3. The molecule has 0 heterocycles. The van der Waals surface area contributed by atoms with Crippen LogP contribution in [0, 0.1) is 3.57 Å². The van der Waals surface area contributed by atoms with E-state index < -0.39 is 16.0 Å². The number of carbonyl (C=O) groups is 1. The lowest BCUT2D eigenvalue weighted by Crippen LogP contribution is -2.36. The van der Waals surface area contributed by atoms with E-state index in [1.165, 1.54) is 29.6 Å². The van der Waals surface area contributed by atoms with Gasteiger partial charge in [0.1, 0.15) is 0 Å². The van der Waals surface area contributed by atoms with Crippen molar-refractivity contribution in [2.24, 2.45) is 0 Å². The number of benzene rings is 1. The Morgan fingerprint density at radius 1 is 1.35 bits per heavy atom. The van der Waals surface area contributed by atoms with Crippen LogP contribution in [-0.4, -0.2) is 36.9 Å². The fourth-order valence-corrected chi connectivity index (χ4v) is 4.09. The zero-order valence-electron chi connectivity index (χ0n) is 11.6. The van der Waals surface area contributed by atoms with E-state index in [9.17, 15) is 13.2 Å². The molecule has 7 heteroatoms. The largest absolute Gasteiger partial charge is 0.478 e. The number of aromatic carboxylic acids is 1. The molecule has 5 nitrogen and oxygen atoms in total. The van der Waals surface area contributed by atoms with Crippen LogP contribution >= 0.6 is 22.6 Å². The smallest absolute Gasteiger partial charge is 0.336 e. The second kappa shape index (κ2) is 6.86. The molecule has 0 aliphatic carbocycles. The Hall–Kier alpha value is -0.670. The van der Waals surface area contributed by atoms with Crippen molar-refractivity contribution in [3.05, 3.63) is 27.3 Å². The second-order valence-corrected chi connectivity index (χ2v) is 7.60. The van der Waals surface area contributed by atoms with Gasteiger partial charge in [-0.2, -0.15) is 4.31 Å². The molecule has 0 unspecified atom stereocenters. The first-order chi connectivity index (χ1) is 9.25. The summed E-state index contributed by atoms with van der Waals surface area (Å²) in [5.41, 5.74) is 0.00428. The van der Waals surface area contributed by atoms with Crippen molar-refractivity contribution in [2.45, 2.75) is 37.6 Å². The first kappa shape index (κ1) is 17.4. The van der Waals surface area contributed by atoms with Crippen molar-refractivity contribution < 1.29 is 18.3 Å². The standard InChI is InChI=1S/C13H18INO4S/c1-4-9(5-2)15(3)20(18,19)10-6-7-12(14)11(8-10)13(16)17/h6-9H,4-5H2,1-3H3,(H,16,17). The molecule has 0 saturated heterocycles. The highest BCUT2D eigenvalue weighted by Gasteiger charge is 2.27. The minimum absolute atomic E-state index is 0.00428. The van der Waals surface area contributed by atoms with Gasteiger partial charge in [0.05, 0.1) is 10.5 Å². The molecule has 1 aromatic carbocycles. The summed E-state index contributed by atoms with van der Waals surface area (Å²) in [5.74, 6) is -1.13. The van der Waals surface area contributed by atoms with Crippen molar-refractivity contribution in [1.29, 1.82) is 0 Å². The molecule has 0 spiro atoms. The molecule has 112 valence electrons. The maximum absolute atomic E-state index is 12.5. The first-order valence-electron chi connectivity index (χ1n) is 6.26. The molecule has 0 bridgehead atoms. The Kier molecular flexibility index (Phi) is 5.96. The molecule has 0 aromatic heterocycles. The molecule has 0 saturated carbocycles. The van der Waals surface area contributed by atoms with Crippen molar-refractivity contribution in [1.82, 2.24) is 4.31 Å². The molecular formula is C13H18INO4S. The molecule has 0 aliphatic heterocycles. The van der Waals surface area contributed by atoms with E-state index >= 15 is 0 Å². The van der Waals surface area contributed by atoms with E-state index in [4.69, 9.17) is 5.11 Å². The van der Waals surface area contributed by atoms with Crippen LogP contribution < -0.4 is 0 Å². The van der Waals surface area contributed by atoms with Gasteiger partial charge in [0, 0.05) is 16.7 Å². The van der Waals surface area contributed by atoms with Gasteiger partial charge in [-0.05, 0) is 53.6 Å². The van der Waals surface area contributed by atoms with Gasteiger partial charge < -0.3 is 5.11 Å². The molecule has 0 atom stereocenters. The van der Waals surface area contributed by atoms with Gasteiger partial charge in [-0.3, -0.25) is 0 Å². The van der Waals surface area contributed by atoms with Crippen LogP contribution in [0.4, 0.5) is 0 Å². The van der Waals surface area contributed by atoms with Crippen molar-refractivity contribution >= 4 is 38.6 Å². The van der Waals surface area contributed by atoms with Gasteiger partial charge in [-0.15, -0.1) is 0 Å². The zero-order valence-corrected chi connectivity index (χ0v) is 14.6. The van der Waals surface area contributed by atoms with E-state index in [1.54, 1.807) is 0 Å². The molecule has 1 N–H and O–H groups in total. The lowest BCUT2D eigenvalue weighted by Gasteiger charge is -2.25.